The monoisotopic (exact) mass is 301 g/mol. The number of ether oxygens (including phenoxy) is 1. The second-order valence-corrected chi connectivity index (χ2v) is 4.59. The highest BCUT2D eigenvalue weighted by molar-refractivity contribution is 5.96. The van der Waals surface area contributed by atoms with Gasteiger partial charge in [-0.1, -0.05) is 12.1 Å². The van der Waals surface area contributed by atoms with Crippen LogP contribution in [0.1, 0.15) is 15.9 Å². The largest absolute Gasteiger partial charge is 0.465 e. The second kappa shape index (κ2) is 6.82. The summed E-state index contributed by atoms with van der Waals surface area (Å²) >= 11 is 0. The summed E-state index contributed by atoms with van der Waals surface area (Å²) in [6.07, 6.45) is 1.36. The molecule has 0 radical (unpaired) electrons. The average Bonchev–Trinajstić information content (AvgIpc) is 2.53. The smallest absolute Gasteiger partial charge is 0.340 e. The summed E-state index contributed by atoms with van der Waals surface area (Å²) in [7, 11) is 1.31. The van der Waals surface area contributed by atoms with Crippen LogP contribution in [-0.4, -0.2) is 19.4 Å². The number of carbonyl (C=O) groups is 1. The van der Waals surface area contributed by atoms with Crippen molar-refractivity contribution in [1.29, 1.82) is 0 Å². The summed E-state index contributed by atoms with van der Waals surface area (Å²) in [5.74, 6) is 5.03. The molecule has 0 saturated heterocycles. The lowest BCUT2D eigenvalue weighted by atomic mass is 10.1. The van der Waals surface area contributed by atoms with E-state index in [0.29, 0.717) is 16.9 Å². The average molecular weight is 301 g/mol. The van der Waals surface area contributed by atoms with Gasteiger partial charge in [-0.15, -0.1) is 0 Å². The van der Waals surface area contributed by atoms with Crippen molar-refractivity contribution in [3.8, 4) is 0 Å². The first-order chi connectivity index (χ1) is 10.5. The van der Waals surface area contributed by atoms with Crippen LogP contribution in [0.5, 0.6) is 0 Å². The molecule has 0 bridgehead atoms. The Morgan fingerprint density at radius 2 is 1.95 bits per heavy atom. The number of aliphatic imine (C=N–C) groups is 1. The number of benzene rings is 2. The number of hydrogen-bond acceptors (Lipinski definition) is 4. The molecule has 0 fully saturated rings. The molecule has 2 aromatic rings. The van der Waals surface area contributed by atoms with Crippen molar-refractivity contribution in [2.45, 2.75) is 6.92 Å². The minimum absolute atomic E-state index is 0.346. The number of halogens is 1. The summed E-state index contributed by atoms with van der Waals surface area (Å²) in [6.45, 7) is 1.83. The molecule has 0 aliphatic heterocycles. The van der Waals surface area contributed by atoms with Crippen molar-refractivity contribution in [2.75, 3.05) is 12.1 Å². The Labute approximate surface area is 127 Å². The Morgan fingerprint density at radius 3 is 2.59 bits per heavy atom. The van der Waals surface area contributed by atoms with E-state index in [4.69, 9.17) is 10.6 Å². The summed E-state index contributed by atoms with van der Waals surface area (Å²) in [4.78, 5) is 16.0. The number of para-hydroxylation sites is 1. The SMILES string of the molecule is COC(=O)c1cccc(C)c1N=CN(N)c1ccc(F)cc1. The maximum absolute atomic E-state index is 12.9. The molecule has 0 saturated carbocycles. The zero-order chi connectivity index (χ0) is 16.1. The molecular weight excluding hydrogens is 285 g/mol. The highest BCUT2D eigenvalue weighted by Crippen LogP contribution is 2.24. The van der Waals surface area contributed by atoms with Gasteiger partial charge in [-0.3, -0.25) is 5.01 Å². The Balaban J connectivity index is 2.29. The molecule has 22 heavy (non-hydrogen) atoms. The van der Waals surface area contributed by atoms with E-state index in [1.165, 1.54) is 42.7 Å². The first-order valence-corrected chi connectivity index (χ1v) is 6.54. The fourth-order valence-corrected chi connectivity index (χ4v) is 1.90. The standard InChI is InChI=1S/C16H16FN3O2/c1-11-4-3-5-14(16(21)22-2)15(11)19-10-20(18)13-8-6-12(17)7-9-13/h3-10H,18H2,1-2H3. The van der Waals surface area contributed by atoms with Crippen LogP contribution < -0.4 is 10.9 Å². The second-order valence-electron chi connectivity index (χ2n) is 4.59. The lowest BCUT2D eigenvalue weighted by Crippen LogP contribution is -2.28. The molecule has 0 aliphatic carbocycles. The first kappa shape index (κ1) is 15.7. The van der Waals surface area contributed by atoms with Gasteiger partial charge in [0.15, 0.2) is 0 Å². The number of esters is 1. The fraction of sp³-hybridized carbons (Fsp3) is 0.125. The van der Waals surface area contributed by atoms with Gasteiger partial charge in [-0.2, -0.15) is 0 Å². The Bertz CT molecular complexity index is 699. The molecule has 0 atom stereocenters. The van der Waals surface area contributed by atoms with Crippen LogP contribution in [0.2, 0.25) is 0 Å². The third-order valence-electron chi connectivity index (χ3n) is 3.08. The molecule has 0 aromatic heterocycles. The van der Waals surface area contributed by atoms with Gasteiger partial charge >= 0.3 is 5.97 Å². The van der Waals surface area contributed by atoms with Crippen LogP contribution in [0.3, 0.4) is 0 Å². The minimum Gasteiger partial charge on any atom is -0.465 e. The molecule has 0 heterocycles. The van der Waals surface area contributed by atoms with Gasteiger partial charge in [0.05, 0.1) is 24.0 Å². The summed E-state index contributed by atoms with van der Waals surface area (Å²) in [5, 5.41) is 1.24. The summed E-state index contributed by atoms with van der Waals surface area (Å²) in [5.41, 5.74) is 2.21. The molecular formula is C16H16FN3O2. The lowest BCUT2D eigenvalue weighted by Gasteiger charge is -2.13. The summed E-state index contributed by atoms with van der Waals surface area (Å²) in [6, 6.07) is 10.9. The number of anilines is 1. The molecule has 0 spiro atoms. The third kappa shape index (κ3) is 3.48. The van der Waals surface area contributed by atoms with Gasteiger partial charge in [-0.05, 0) is 42.8 Å². The predicted octanol–water partition coefficient (Wildman–Crippen LogP) is 2.96. The predicted molar refractivity (Wildman–Crippen MR) is 83.7 cm³/mol. The minimum atomic E-state index is -0.471. The highest BCUT2D eigenvalue weighted by atomic mass is 19.1. The lowest BCUT2D eigenvalue weighted by molar-refractivity contribution is 0.0601. The van der Waals surface area contributed by atoms with Crippen LogP contribution >= 0.6 is 0 Å². The van der Waals surface area contributed by atoms with E-state index in [1.807, 2.05) is 13.0 Å². The molecule has 2 rings (SSSR count). The van der Waals surface area contributed by atoms with Gasteiger partial charge < -0.3 is 4.74 Å². The number of hydrazine groups is 1. The molecule has 0 amide bonds. The van der Waals surface area contributed by atoms with E-state index in [0.717, 1.165) is 5.56 Å². The van der Waals surface area contributed by atoms with Crippen LogP contribution in [0.25, 0.3) is 0 Å². The van der Waals surface area contributed by atoms with E-state index in [1.54, 1.807) is 12.1 Å². The van der Waals surface area contributed by atoms with E-state index in [-0.39, 0.29) is 5.82 Å². The number of methoxy groups -OCH3 is 1. The molecule has 0 unspecified atom stereocenters. The van der Waals surface area contributed by atoms with E-state index < -0.39 is 5.97 Å². The Morgan fingerprint density at radius 1 is 1.27 bits per heavy atom. The van der Waals surface area contributed by atoms with Crippen molar-refractivity contribution in [2.24, 2.45) is 10.8 Å². The molecule has 2 aromatic carbocycles. The normalized spacial score (nSPS) is 10.7. The van der Waals surface area contributed by atoms with E-state index in [9.17, 15) is 9.18 Å². The van der Waals surface area contributed by atoms with Crippen LogP contribution in [0.4, 0.5) is 15.8 Å². The quantitative estimate of drug-likeness (QED) is 0.310. The zero-order valence-corrected chi connectivity index (χ0v) is 12.3. The van der Waals surface area contributed by atoms with Crippen LogP contribution in [0, 0.1) is 12.7 Å². The molecule has 5 nitrogen and oxygen atoms in total. The first-order valence-electron chi connectivity index (χ1n) is 6.54. The fourth-order valence-electron chi connectivity index (χ4n) is 1.90. The molecule has 114 valence electrons. The highest BCUT2D eigenvalue weighted by Gasteiger charge is 2.12. The number of nitrogens with two attached hydrogens (primary N) is 1. The zero-order valence-electron chi connectivity index (χ0n) is 12.3. The van der Waals surface area contributed by atoms with Crippen molar-refractivity contribution < 1.29 is 13.9 Å². The maximum Gasteiger partial charge on any atom is 0.340 e. The van der Waals surface area contributed by atoms with Crippen LogP contribution in [-0.2, 0) is 4.74 Å². The van der Waals surface area contributed by atoms with Crippen molar-refractivity contribution >= 4 is 23.7 Å². The maximum atomic E-state index is 12.9. The number of rotatable bonds is 4. The number of hydrogen-bond donors (Lipinski definition) is 1. The van der Waals surface area contributed by atoms with Crippen molar-refractivity contribution in [3.63, 3.8) is 0 Å². The van der Waals surface area contributed by atoms with Crippen molar-refractivity contribution in [1.82, 2.24) is 0 Å². The van der Waals surface area contributed by atoms with Crippen molar-refractivity contribution in [3.05, 3.63) is 59.4 Å². The van der Waals surface area contributed by atoms with Gasteiger partial charge in [-0.25, -0.2) is 20.0 Å². The van der Waals surface area contributed by atoms with Gasteiger partial charge in [0, 0.05) is 0 Å². The van der Waals surface area contributed by atoms with Gasteiger partial charge in [0.2, 0.25) is 0 Å². The molecule has 6 heteroatoms. The van der Waals surface area contributed by atoms with E-state index >= 15 is 0 Å². The number of nitrogens with zero attached hydrogens (tertiary/aromatic N) is 2. The van der Waals surface area contributed by atoms with E-state index in [2.05, 4.69) is 4.99 Å². The Hall–Kier alpha value is -2.73. The molecule has 2 N–H and O–H groups in total. The van der Waals surface area contributed by atoms with Crippen LogP contribution in [0.15, 0.2) is 47.5 Å². The molecule has 0 aliphatic rings. The Kier molecular flexibility index (Phi) is 4.85. The number of carbonyl (C=O) groups excluding carboxylic acids is 1. The van der Waals surface area contributed by atoms with Gasteiger partial charge in [0.1, 0.15) is 12.2 Å². The summed E-state index contributed by atoms with van der Waals surface area (Å²) < 4.78 is 17.6. The number of aryl methyl sites for hydroxylation is 1. The third-order valence-corrected chi connectivity index (χ3v) is 3.08. The van der Waals surface area contributed by atoms with Gasteiger partial charge in [0.25, 0.3) is 0 Å². The topological polar surface area (TPSA) is 67.9 Å².